The van der Waals surface area contributed by atoms with E-state index >= 15 is 0 Å². The maximum atomic E-state index is 12.7. The van der Waals surface area contributed by atoms with Crippen molar-refractivity contribution in [3.63, 3.8) is 0 Å². The van der Waals surface area contributed by atoms with Gasteiger partial charge in [-0.2, -0.15) is 0 Å². The van der Waals surface area contributed by atoms with Crippen molar-refractivity contribution in [2.45, 2.75) is 213 Å². The number of hydrogen-bond acceptors (Lipinski definition) is 7. The van der Waals surface area contributed by atoms with Crippen LogP contribution in [-0.2, 0) is 27.9 Å². The number of carbonyl (C=O) groups excluding carboxylic acids is 1. The molecule has 0 rings (SSSR count). The van der Waals surface area contributed by atoms with E-state index in [0.717, 1.165) is 70.6 Å². The van der Waals surface area contributed by atoms with E-state index in [1.165, 1.54) is 116 Å². The van der Waals surface area contributed by atoms with Crippen LogP contribution in [0.4, 0.5) is 0 Å². The minimum Gasteiger partial charge on any atom is -0.756 e. The Balaban J connectivity index is 4.20. The summed E-state index contributed by atoms with van der Waals surface area (Å²) in [6.45, 7) is 5.35. The molecule has 61 heavy (non-hydrogen) atoms. The van der Waals surface area contributed by atoms with Gasteiger partial charge in [0.25, 0.3) is 7.82 Å². The molecule has 2 unspecified atom stereocenters. The second-order valence-corrected chi connectivity index (χ2v) is 19.2. The van der Waals surface area contributed by atoms with E-state index in [2.05, 4.69) is 74.6 Å². The van der Waals surface area contributed by atoms with Gasteiger partial charge in [0.2, 0.25) is 0 Å². The van der Waals surface area contributed by atoms with Crippen molar-refractivity contribution in [3.05, 3.63) is 60.8 Å². The highest BCUT2D eigenvalue weighted by atomic mass is 31.2. The molecule has 0 bridgehead atoms. The van der Waals surface area contributed by atoms with Crippen LogP contribution in [0, 0.1) is 0 Å². The fraction of sp³-hybridized carbons (Fsp3) is 0.788. The number of phosphoric ester groups is 1. The monoisotopic (exact) mass is 878 g/mol. The maximum absolute atomic E-state index is 12.7. The summed E-state index contributed by atoms with van der Waals surface area (Å²) >= 11 is 0. The van der Waals surface area contributed by atoms with Crippen molar-refractivity contribution in [1.82, 2.24) is 0 Å². The Bertz CT molecular complexity index is 1160. The summed E-state index contributed by atoms with van der Waals surface area (Å²) in [7, 11) is 1.34. The van der Waals surface area contributed by atoms with Gasteiger partial charge < -0.3 is 27.9 Å². The van der Waals surface area contributed by atoms with E-state index < -0.39 is 13.9 Å². The summed E-state index contributed by atoms with van der Waals surface area (Å²) in [4.78, 5) is 25.1. The Labute approximate surface area is 377 Å². The first kappa shape index (κ1) is 59.2. The van der Waals surface area contributed by atoms with E-state index in [1.807, 2.05) is 21.1 Å². The van der Waals surface area contributed by atoms with E-state index in [9.17, 15) is 14.3 Å². The number of esters is 1. The van der Waals surface area contributed by atoms with Crippen LogP contribution < -0.4 is 4.89 Å². The van der Waals surface area contributed by atoms with Crippen LogP contribution >= 0.6 is 7.82 Å². The Morgan fingerprint density at radius 2 is 0.902 bits per heavy atom. The van der Waals surface area contributed by atoms with E-state index in [4.69, 9.17) is 18.5 Å². The largest absolute Gasteiger partial charge is 0.756 e. The molecule has 9 heteroatoms. The average Bonchev–Trinajstić information content (AvgIpc) is 3.22. The highest BCUT2D eigenvalue weighted by Gasteiger charge is 2.20. The molecule has 0 fully saturated rings. The fourth-order valence-corrected chi connectivity index (χ4v) is 7.37. The third-order valence-electron chi connectivity index (χ3n) is 10.5. The summed E-state index contributed by atoms with van der Waals surface area (Å²) < 4.78 is 34.7. The minimum atomic E-state index is -4.54. The molecule has 0 aromatic carbocycles. The first-order chi connectivity index (χ1) is 29.6. The summed E-state index contributed by atoms with van der Waals surface area (Å²) in [5.41, 5.74) is 0. The number of unbranched alkanes of at least 4 members (excludes halogenated alkanes) is 22. The lowest BCUT2D eigenvalue weighted by Gasteiger charge is -2.28. The van der Waals surface area contributed by atoms with Crippen molar-refractivity contribution in [2.24, 2.45) is 0 Å². The number of allylic oxidation sites excluding steroid dienone is 10. The van der Waals surface area contributed by atoms with Gasteiger partial charge in [-0.05, 0) is 83.5 Å². The highest BCUT2D eigenvalue weighted by Crippen LogP contribution is 2.38. The standard InChI is InChI=1S/C52H96NO7P/c1-6-8-10-12-14-16-18-20-22-24-25-26-27-28-30-32-34-36-38-40-42-44-47-57-49-51(50-59-61(55,56)58-48-46-53(3,4)5)60-52(54)45-43-41-39-37-35-33-31-29-23-21-19-17-15-13-11-9-7-2/h15,17-18,20-21,23-25,27-28,51H,6-14,16,19,22,26,29-50H2,1-5H3/b17-15-,20-18-,23-21-,25-24-,28-27-. The van der Waals surface area contributed by atoms with Gasteiger partial charge in [-0.15, -0.1) is 0 Å². The normalized spacial score (nSPS) is 14.1. The van der Waals surface area contributed by atoms with Crippen LogP contribution in [0.5, 0.6) is 0 Å². The molecule has 0 spiro atoms. The Morgan fingerprint density at radius 3 is 1.38 bits per heavy atom. The van der Waals surface area contributed by atoms with Gasteiger partial charge in [0.1, 0.15) is 19.3 Å². The number of likely N-dealkylation sites (N-methyl/N-ethyl adjacent to an activating group) is 1. The molecular formula is C52H96NO7P. The summed E-state index contributed by atoms with van der Waals surface area (Å²) in [6, 6.07) is 0. The molecule has 0 aliphatic heterocycles. The van der Waals surface area contributed by atoms with Gasteiger partial charge in [-0.1, -0.05) is 177 Å². The number of ether oxygens (including phenoxy) is 2. The fourth-order valence-electron chi connectivity index (χ4n) is 6.64. The van der Waals surface area contributed by atoms with E-state index in [-0.39, 0.29) is 25.8 Å². The molecule has 356 valence electrons. The van der Waals surface area contributed by atoms with Gasteiger partial charge in [-0.25, -0.2) is 0 Å². The molecule has 0 aliphatic carbocycles. The van der Waals surface area contributed by atoms with E-state index in [0.29, 0.717) is 24.1 Å². The second-order valence-electron chi connectivity index (χ2n) is 17.8. The van der Waals surface area contributed by atoms with Crippen LogP contribution in [-0.4, -0.2) is 70.7 Å². The average molecular weight is 878 g/mol. The third kappa shape index (κ3) is 49.1. The smallest absolute Gasteiger partial charge is 0.306 e. The van der Waals surface area contributed by atoms with Crippen molar-refractivity contribution in [3.8, 4) is 0 Å². The van der Waals surface area contributed by atoms with Gasteiger partial charge in [0.05, 0.1) is 34.4 Å². The molecule has 0 aromatic rings. The third-order valence-corrected chi connectivity index (χ3v) is 11.5. The van der Waals surface area contributed by atoms with Gasteiger partial charge in [0.15, 0.2) is 0 Å². The molecule has 0 N–H and O–H groups in total. The van der Waals surface area contributed by atoms with Crippen LogP contribution in [0.2, 0.25) is 0 Å². The molecule has 0 amide bonds. The lowest BCUT2D eigenvalue weighted by molar-refractivity contribution is -0.870. The molecule has 0 saturated heterocycles. The number of rotatable bonds is 46. The molecular weight excluding hydrogens is 782 g/mol. The first-order valence-electron chi connectivity index (χ1n) is 25.0. The quantitative estimate of drug-likeness (QED) is 0.0198. The molecule has 2 atom stereocenters. The Kier molecular flexibility index (Phi) is 43.5. The highest BCUT2D eigenvalue weighted by molar-refractivity contribution is 7.45. The summed E-state index contributed by atoms with van der Waals surface area (Å²) in [6.07, 6.45) is 56.6. The zero-order valence-electron chi connectivity index (χ0n) is 40.4. The topological polar surface area (TPSA) is 94.1 Å². The van der Waals surface area contributed by atoms with Gasteiger partial charge in [0, 0.05) is 13.0 Å². The second kappa shape index (κ2) is 44.8. The van der Waals surface area contributed by atoms with Crippen LogP contribution in [0.15, 0.2) is 60.8 Å². The van der Waals surface area contributed by atoms with Crippen LogP contribution in [0.25, 0.3) is 0 Å². The minimum absolute atomic E-state index is 0.0199. The van der Waals surface area contributed by atoms with Crippen molar-refractivity contribution >= 4 is 13.8 Å². The van der Waals surface area contributed by atoms with E-state index in [1.54, 1.807) is 0 Å². The molecule has 0 aromatic heterocycles. The predicted octanol–water partition coefficient (Wildman–Crippen LogP) is 14.6. The molecule has 0 aliphatic rings. The Hall–Kier alpha value is -1.80. The number of hydrogen-bond donors (Lipinski definition) is 0. The zero-order valence-corrected chi connectivity index (χ0v) is 41.2. The number of quaternary nitrogens is 1. The molecule has 0 radical (unpaired) electrons. The summed E-state index contributed by atoms with van der Waals surface area (Å²) in [5.74, 6) is -0.346. The van der Waals surface area contributed by atoms with Gasteiger partial charge >= 0.3 is 5.97 Å². The Morgan fingerprint density at radius 1 is 0.508 bits per heavy atom. The van der Waals surface area contributed by atoms with Crippen LogP contribution in [0.1, 0.15) is 206 Å². The number of phosphoric acid groups is 1. The first-order valence-corrected chi connectivity index (χ1v) is 26.5. The summed E-state index contributed by atoms with van der Waals surface area (Å²) in [5, 5.41) is 0. The number of nitrogens with zero attached hydrogens (tertiary/aromatic N) is 1. The zero-order chi connectivity index (χ0) is 44.8. The lowest BCUT2D eigenvalue weighted by Crippen LogP contribution is -2.37. The van der Waals surface area contributed by atoms with Crippen molar-refractivity contribution in [1.29, 1.82) is 0 Å². The molecule has 0 saturated carbocycles. The molecule has 0 heterocycles. The van der Waals surface area contributed by atoms with Gasteiger partial charge in [-0.3, -0.25) is 9.36 Å². The lowest BCUT2D eigenvalue weighted by atomic mass is 10.1. The molecule has 8 nitrogen and oxygen atoms in total. The number of carbonyl (C=O) groups is 1. The van der Waals surface area contributed by atoms with Crippen molar-refractivity contribution in [2.75, 3.05) is 54.1 Å². The van der Waals surface area contributed by atoms with Crippen molar-refractivity contribution < 1.29 is 37.3 Å². The van der Waals surface area contributed by atoms with Crippen LogP contribution in [0.3, 0.4) is 0 Å². The predicted molar refractivity (Wildman–Crippen MR) is 259 cm³/mol. The maximum Gasteiger partial charge on any atom is 0.306 e. The SMILES string of the molecule is CCCCC/C=C\C/C=C\CCCCCCCCCC(=O)OC(COCCCCCCCCC/C=C\C/C=C\C/C=C\CCCCCCC)COP(=O)([O-])OCC[N+](C)(C)C.